The van der Waals surface area contributed by atoms with Crippen LogP contribution in [-0.2, 0) is 0 Å². The van der Waals surface area contributed by atoms with Gasteiger partial charge < -0.3 is 10.2 Å². The lowest BCUT2D eigenvalue weighted by Gasteiger charge is -2.14. The third-order valence-electron chi connectivity index (χ3n) is 4.34. The molecule has 0 heterocycles. The zero-order valence-corrected chi connectivity index (χ0v) is 14.6. The van der Waals surface area contributed by atoms with Gasteiger partial charge in [0.1, 0.15) is 11.5 Å². The number of rotatable bonds is 1. The molecule has 0 aliphatic heterocycles. The van der Waals surface area contributed by atoms with E-state index in [0.29, 0.717) is 16.7 Å². The molecule has 4 rings (SSSR count). The van der Waals surface area contributed by atoms with Crippen molar-refractivity contribution in [3.63, 3.8) is 0 Å². The Morgan fingerprint density at radius 3 is 1.88 bits per heavy atom. The van der Waals surface area contributed by atoms with E-state index in [1.165, 1.54) is 0 Å². The summed E-state index contributed by atoms with van der Waals surface area (Å²) >= 11 is 3.46. The largest absolute Gasteiger partial charge is 0.507 e. The van der Waals surface area contributed by atoms with Gasteiger partial charge in [0, 0.05) is 15.6 Å². The van der Waals surface area contributed by atoms with Crippen molar-refractivity contribution in [2.75, 3.05) is 0 Å². The molecule has 0 aliphatic rings. The summed E-state index contributed by atoms with van der Waals surface area (Å²) in [5.74, 6) is 0.185. The standard InChI is InChI=1S/C21H12BrNO2/c22-15-4-6-17-14(10-15)3-8-19(25)21(17)20-16-5-1-12(11-23)9-13(16)2-7-18(20)24/h1-10,24-25H. The number of fused-ring (bicyclic) bond motifs is 2. The van der Waals surface area contributed by atoms with Crippen molar-refractivity contribution in [1.29, 1.82) is 5.26 Å². The van der Waals surface area contributed by atoms with Crippen molar-refractivity contribution in [1.82, 2.24) is 0 Å². The zero-order valence-electron chi connectivity index (χ0n) is 13.0. The van der Waals surface area contributed by atoms with Gasteiger partial charge in [0.25, 0.3) is 0 Å². The molecule has 0 fully saturated rings. The zero-order chi connectivity index (χ0) is 17.6. The SMILES string of the molecule is N#Cc1ccc2c(-c3c(O)ccc4cc(Br)ccc34)c(O)ccc2c1. The second-order valence-corrected chi connectivity index (χ2v) is 6.75. The van der Waals surface area contributed by atoms with Gasteiger partial charge in [-0.05, 0) is 57.9 Å². The van der Waals surface area contributed by atoms with E-state index in [-0.39, 0.29) is 11.5 Å². The minimum atomic E-state index is 0.0860. The first-order valence-corrected chi connectivity index (χ1v) is 8.45. The monoisotopic (exact) mass is 389 g/mol. The fourth-order valence-corrected chi connectivity index (χ4v) is 3.58. The van der Waals surface area contributed by atoms with Crippen LogP contribution in [0, 0.1) is 11.3 Å². The van der Waals surface area contributed by atoms with Gasteiger partial charge in [-0.2, -0.15) is 5.26 Å². The van der Waals surface area contributed by atoms with Gasteiger partial charge in [0.2, 0.25) is 0 Å². The number of phenols is 2. The van der Waals surface area contributed by atoms with Gasteiger partial charge in [-0.1, -0.05) is 40.2 Å². The molecular weight excluding hydrogens is 378 g/mol. The molecular formula is C21H12BrNO2. The van der Waals surface area contributed by atoms with Crippen molar-refractivity contribution in [3.05, 3.63) is 70.7 Å². The molecule has 0 atom stereocenters. The lowest BCUT2D eigenvalue weighted by atomic mass is 9.92. The first-order chi connectivity index (χ1) is 12.1. The average molecular weight is 390 g/mol. The molecule has 0 saturated heterocycles. The summed E-state index contributed by atoms with van der Waals surface area (Å²) in [7, 11) is 0. The quantitative estimate of drug-likeness (QED) is 0.438. The predicted octanol–water partition coefficient (Wildman–Crippen LogP) is 5.71. The maximum Gasteiger partial charge on any atom is 0.124 e. The second-order valence-electron chi connectivity index (χ2n) is 5.83. The number of halogens is 1. The molecule has 120 valence electrons. The Hall–Kier alpha value is -3.03. The highest BCUT2D eigenvalue weighted by Crippen LogP contribution is 2.44. The molecule has 0 aromatic heterocycles. The number of aromatic hydroxyl groups is 2. The van der Waals surface area contributed by atoms with E-state index in [9.17, 15) is 10.2 Å². The van der Waals surface area contributed by atoms with Crippen LogP contribution in [0.2, 0.25) is 0 Å². The van der Waals surface area contributed by atoms with Crippen LogP contribution in [0.1, 0.15) is 5.56 Å². The minimum absolute atomic E-state index is 0.0860. The van der Waals surface area contributed by atoms with Gasteiger partial charge in [-0.3, -0.25) is 0 Å². The Balaban J connectivity index is 2.15. The molecule has 3 nitrogen and oxygen atoms in total. The van der Waals surface area contributed by atoms with Crippen LogP contribution >= 0.6 is 15.9 Å². The summed E-state index contributed by atoms with van der Waals surface area (Å²) in [6.07, 6.45) is 0. The Morgan fingerprint density at radius 1 is 0.720 bits per heavy atom. The Labute approximate surface area is 152 Å². The van der Waals surface area contributed by atoms with Crippen LogP contribution in [0.4, 0.5) is 0 Å². The summed E-state index contributed by atoms with van der Waals surface area (Å²) in [4.78, 5) is 0. The molecule has 0 spiro atoms. The summed E-state index contributed by atoms with van der Waals surface area (Å²) in [5, 5.41) is 33.6. The van der Waals surface area contributed by atoms with E-state index >= 15 is 0 Å². The van der Waals surface area contributed by atoms with E-state index < -0.39 is 0 Å². The molecule has 4 aromatic carbocycles. The fraction of sp³-hybridized carbons (Fsp3) is 0. The maximum atomic E-state index is 10.5. The van der Waals surface area contributed by atoms with Crippen LogP contribution in [0.3, 0.4) is 0 Å². The summed E-state index contributed by atoms with van der Waals surface area (Å²) in [6, 6.07) is 20.0. The lowest BCUT2D eigenvalue weighted by molar-refractivity contribution is 0.470. The third kappa shape index (κ3) is 2.50. The van der Waals surface area contributed by atoms with E-state index in [2.05, 4.69) is 22.0 Å². The summed E-state index contributed by atoms with van der Waals surface area (Å²) < 4.78 is 0.942. The van der Waals surface area contributed by atoms with Crippen molar-refractivity contribution < 1.29 is 10.2 Å². The topological polar surface area (TPSA) is 64.2 Å². The number of nitriles is 1. The molecule has 4 aromatic rings. The summed E-state index contributed by atoms with van der Waals surface area (Å²) in [6.45, 7) is 0. The molecule has 0 radical (unpaired) electrons. The summed E-state index contributed by atoms with van der Waals surface area (Å²) in [5.41, 5.74) is 1.69. The fourth-order valence-electron chi connectivity index (χ4n) is 3.20. The molecule has 2 N–H and O–H groups in total. The molecule has 4 heteroatoms. The van der Waals surface area contributed by atoms with Crippen LogP contribution in [0.25, 0.3) is 32.7 Å². The molecule has 0 aliphatic carbocycles. The van der Waals surface area contributed by atoms with Gasteiger partial charge in [-0.15, -0.1) is 0 Å². The van der Waals surface area contributed by atoms with Crippen LogP contribution in [0.15, 0.2) is 65.1 Å². The Kier molecular flexibility index (Phi) is 3.60. The first-order valence-electron chi connectivity index (χ1n) is 7.66. The molecule has 0 amide bonds. The predicted molar refractivity (Wildman–Crippen MR) is 103 cm³/mol. The highest BCUT2D eigenvalue weighted by atomic mass is 79.9. The normalized spacial score (nSPS) is 10.9. The maximum absolute atomic E-state index is 10.5. The van der Waals surface area contributed by atoms with Gasteiger partial charge in [-0.25, -0.2) is 0 Å². The number of hydrogen-bond acceptors (Lipinski definition) is 3. The molecule has 0 unspecified atom stereocenters. The highest BCUT2D eigenvalue weighted by molar-refractivity contribution is 9.10. The minimum Gasteiger partial charge on any atom is -0.507 e. The number of hydrogen-bond donors (Lipinski definition) is 2. The Bertz CT molecular complexity index is 1190. The lowest BCUT2D eigenvalue weighted by Crippen LogP contribution is -1.88. The van der Waals surface area contributed by atoms with Gasteiger partial charge in [0.05, 0.1) is 11.6 Å². The Morgan fingerprint density at radius 2 is 1.28 bits per heavy atom. The van der Waals surface area contributed by atoms with Crippen molar-refractivity contribution >= 4 is 37.5 Å². The number of benzene rings is 4. The highest BCUT2D eigenvalue weighted by Gasteiger charge is 2.17. The smallest absolute Gasteiger partial charge is 0.124 e. The van der Waals surface area contributed by atoms with Gasteiger partial charge >= 0.3 is 0 Å². The van der Waals surface area contributed by atoms with Crippen LogP contribution < -0.4 is 0 Å². The van der Waals surface area contributed by atoms with Crippen molar-refractivity contribution in [2.45, 2.75) is 0 Å². The number of nitrogens with zero attached hydrogens (tertiary/aromatic N) is 1. The van der Waals surface area contributed by atoms with E-state index in [0.717, 1.165) is 26.0 Å². The number of phenolic OH excluding ortho intramolecular Hbond substituents is 2. The third-order valence-corrected chi connectivity index (χ3v) is 4.83. The van der Waals surface area contributed by atoms with E-state index in [1.54, 1.807) is 36.4 Å². The first kappa shape index (κ1) is 15.5. The van der Waals surface area contributed by atoms with E-state index in [1.807, 2.05) is 24.3 Å². The second kappa shape index (κ2) is 5.80. The van der Waals surface area contributed by atoms with Crippen LogP contribution in [-0.4, -0.2) is 10.2 Å². The molecule has 0 saturated carbocycles. The molecule has 0 bridgehead atoms. The van der Waals surface area contributed by atoms with Crippen molar-refractivity contribution in [2.24, 2.45) is 0 Å². The van der Waals surface area contributed by atoms with E-state index in [4.69, 9.17) is 5.26 Å². The van der Waals surface area contributed by atoms with Gasteiger partial charge in [0.15, 0.2) is 0 Å². The van der Waals surface area contributed by atoms with Crippen LogP contribution in [0.5, 0.6) is 11.5 Å². The average Bonchev–Trinajstić information content (AvgIpc) is 2.62. The van der Waals surface area contributed by atoms with Crippen molar-refractivity contribution in [3.8, 4) is 28.7 Å². The molecule has 25 heavy (non-hydrogen) atoms.